The number of carbonyl (C=O) groups is 2. The van der Waals surface area contributed by atoms with E-state index in [0.29, 0.717) is 12.8 Å². The third kappa shape index (κ3) is 1.56. The molecule has 1 N–H and O–H groups in total. The Balaban J connectivity index is 2.11. The van der Waals surface area contributed by atoms with Crippen LogP contribution in [0.5, 0.6) is 0 Å². The largest absolute Gasteiger partial charge is 0.480 e. The van der Waals surface area contributed by atoms with Crippen LogP contribution in [0.25, 0.3) is 0 Å². The molecule has 1 heterocycles. The number of carboxylic acids is 1. The van der Waals surface area contributed by atoms with Crippen LogP contribution in [-0.2, 0) is 9.59 Å². The van der Waals surface area contributed by atoms with Gasteiger partial charge in [0.05, 0.1) is 13.1 Å². The summed E-state index contributed by atoms with van der Waals surface area (Å²) < 4.78 is 25.2. The fraction of sp³-hybridized carbons (Fsp3) is 0.800. The number of amides is 1. The number of halogens is 2. The Morgan fingerprint density at radius 1 is 1.12 bits per heavy atom. The first kappa shape index (κ1) is 11.3. The predicted octanol–water partition coefficient (Wildman–Crippen LogP) is 1.11. The fourth-order valence-corrected chi connectivity index (χ4v) is 2.46. The molecule has 0 spiro atoms. The molecule has 1 aliphatic heterocycles. The van der Waals surface area contributed by atoms with Gasteiger partial charge in [0.1, 0.15) is 5.41 Å². The van der Waals surface area contributed by atoms with E-state index in [1.807, 2.05) is 0 Å². The van der Waals surface area contributed by atoms with Gasteiger partial charge < -0.3 is 10.0 Å². The van der Waals surface area contributed by atoms with Crippen molar-refractivity contribution in [1.82, 2.24) is 4.90 Å². The molecule has 0 aromatic rings. The Labute approximate surface area is 91.2 Å². The summed E-state index contributed by atoms with van der Waals surface area (Å²) in [7, 11) is 0. The second-order valence-corrected chi connectivity index (χ2v) is 4.61. The van der Waals surface area contributed by atoms with Crippen molar-refractivity contribution in [2.75, 3.05) is 13.1 Å². The van der Waals surface area contributed by atoms with Gasteiger partial charge in [0.15, 0.2) is 0 Å². The number of carboxylic acid groups (broad SMARTS) is 1. The van der Waals surface area contributed by atoms with E-state index in [2.05, 4.69) is 0 Å². The van der Waals surface area contributed by atoms with Crippen molar-refractivity contribution in [2.45, 2.75) is 31.6 Å². The van der Waals surface area contributed by atoms with Crippen molar-refractivity contribution in [3.8, 4) is 0 Å². The summed E-state index contributed by atoms with van der Waals surface area (Å²) in [5.74, 6) is -4.65. The van der Waals surface area contributed by atoms with Gasteiger partial charge in [-0.1, -0.05) is 12.8 Å². The van der Waals surface area contributed by atoms with Gasteiger partial charge in [-0.05, 0) is 12.8 Å². The van der Waals surface area contributed by atoms with Crippen LogP contribution in [-0.4, -0.2) is 40.9 Å². The van der Waals surface area contributed by atoms with Gasteiger partial charge in [-0.15, -0.1) is 0 Å². The van der Waals surface area contributed by atoms with E-state index in [9.17, 15) is 18.4 Å². The smallest absolute Gasteiger partial charge is 0.319 e. The second-order valence-electron chi connectivity index (χ2n) is 4.61. The molecule has 0 bridgehead atoms. The molecule has 0 radical (unpaired) electrons. The number of likely N-dealkylation sites (tertiary alicyclic amines) is 1. The van der Waals surface area contributed by atoms with Crippen molar-refractivity contribution >= 4 is 11.9 Å². The van der Waals surface area contributed by atoms with E-state index >= 15 is 0 Å². The molecule has 2 fully saturated rings. The van der Waals surface area contributed by atoms with E-state index in [4.69, 9.17) is 5.11 Å². The number of rotatable bonds is 2. The van der Waals surface area contributed by atoms with Crippen molar-refractivity contribution in [3.63, 3.8) is 0 Å². The van der Waals surface area contributed by atoms with Crippen molar-refractivity contribution in [1.29, 1.82) is 0 Å². The highest BCUT2D eigenvalue weighted by atomic mass is 19.3. The maximum atomic E-state index is 12.6. The summed E-state index contributed by atoms with van der Waals surface area (Å²) in [4.78, 5) is 24.0. The van der Waals surface area contributed by atoms with Crippen LogP contribution < -0.4 is 0 Å². The van der Waals surface area contributed by atoms with E-state index in [1.165, 1.54) is 0 Å². The Morgan fingerprint density at radius 3 is 2.00 bits per heavy atom. The van der Waals surface area contributed by atoms with Crippen LogP contribution in [0.4, 0.5) is 8.78 Å². The van der Waals surface area contributed by atoms with Crippen LogP contribution >= 0.6 is 0 Å². The summed E-state index contributed by atoms with van der Waals surface area (Å²) in [5.41, 5.74) is -1.43. The third-order valence-electron chi connectivity index (χ3n) is 3.41. The zero-order valence-electron chi connectivity index (χ0n) is 8.71. The molecule has 0 aromatic carbocycles. The molecule has 0 aromatic heterocycles. The predicted molar refractivity (Wildman–Crippen MR) is 50.1 cm³/mol. The minimum absolute atomic E-state index is 0.267. The van der Waals surface area contributed by atoms with E-state index in [0.717, 1.165) is 4.90 Å². The lowest BCUT2D eigenvalue weighted by molar-refractivity contribution is -0.181. The lowest BCUT2D eigenvalue weighted by Gasteiger charge is -2.42. The number of hydrogen-bond donors (Lipinski definition) is 1. The summed E-state index contributed by atoms with van der Waals surface area (Å²) in [6.45, 7) is -1.28. The zero-order chi connectivity index (χ0) is 12.0. The second kappa shape index (κ2) is 3.40. The number of nitrogens with zero attached hydrogens (tertiary/aromatic N) is 1. The highest BCUT2D eigenvalue weighted by molar-refractivity contribution is 6.02. The van der Waals surface area contributed by atoms with E-state index in [-0.39, 0.29) is 12.8 Å². The molecule has 2 aliphatic rings. The molecule has 6 heteroatoms. The summed E-state index contributed by atoms with van der Waals surface area (Å²) in [6.07, 6.45) is 1.87. The maximum Gasteiger partial charge on any atom is 0.319 e. The summed E-state index contributed by atoms with van der Waals surface area (Å²) in [6, 6.07) is 0. The Hall–Kier alpha value is -1.20. The molecule has 0 atom stereocenters. The average molecular weight is 233 g/mol. The normalized spacial score (nSPS) is 26.2. The highest BCUT2D eigenvalue weighted by Gasteiger charge is 2.56. The average Bonchev–Trinajstić information content (AvgIpc) is 2.62. The Kier molecular flexibility index (Phi) is 2.40. The van der Waals surface area contributed by atoms with Gasteiger partial charge in [0.2, 0.25) is 5.91 Å². The van der Waals surface area contributed by atoms with Gasteiger partial charge in [-0.3, -0.25) is 9.59 Å². The molecule has 1 aliphatic carbocycles. The highest BCUT2D eigenvalue weighted by Crippen LogP contribution is 2.42. The monoisotopic (exact) mass is 233 g/mol. The number of alkyl halides is 2. The van der Waals surface area contributed by atoms with E-state index < -0.39 is 36.3 Å². The first-order chi connectivity index (χ1) is 7.37. The standard InChI is InChI=1S/C10H13F2NO3/c11-10(12)5-13(6-10)7(14)9(8(15)16)3-1-2-4-9/h1-6H2,(H,15,16). The fourth-order valence-electron chi connectivity index (χ4n) is 2.46. The topological polar surface area (TPSA) is 57.6 Å². The first-order valence-corrected chi connectivity index (χ1v) is 5.28. The molecule has 90 valence electrons. The van der Waals surface area contributed by atoms with Crippen molar-refractivity contribution in [2.24, 2.45) is 5.41 Å². The van der Waals surface area contributed by atoms with Gasteiger partial charge >= 0.3 is 5.97 Å². The SMILES string of the molecule is O=C(O)C1(C(=O)N2CC(F)(F)C2)CCCC1. The van der Waals surface area contributed by atoms with Gasteiger partial charge in [0.25, 0.3) is 5.92 Å². The molecule has 16 heavy (non-hydrogen) atoms. The molecular formula is C10H13F2NO3. The van der Waals surface area contributed by atoms with E-state index in [1.54, 1.807) is 0 Å². The van der Waals surface area contributed by atoms with Gasteiger partial charge in [-0.2, -0.15) is 0 Å². The van der Waals surface area contributed by atoms with Crippen LogP contribution in [0, 0.1) is 5.41 Å². The van der Waals surface area contributed by atoms with Crippen molar-refractivity contribution < 1.29 is 23.5 Å². The maximum absolute atomic E-state index is 12.6. The third-order valence-corrected chi connectivity index (χ3v) is 3.41. The minimum atomic E-state index is -2.84. The molecule has 1 saturated heterocycles. The molecule has 0 unspecified atom stereocenters. The molecule has 2 rings (SSSR count). The quantitative estimate of drug-likeness (QED) is 0.727. The van der Waals surface area contributed by atoms with Crippen LogP contribution in [0.1, 0.15) is 25.7 Å². The Bertz CT molecular complexity index is 329. The molecular weight excluding hydrogens is 220 g/mol. The van der Waals surface area contributed by atoms with Crippen molar-refractivity contribution in [3.05, 3.63) is 0 Å². The summed E-state index contributed by atoms with van der Waals surface area (Å²) >= 11 is 0. The molecule has 1 saturated carbocycles. The minimum Gasteiger partial charge on any atom is -0.480 e. The van der Waals surface area contributed by atoms with Crippen LogP contribution in [0.2, 0.25) is 0 Å². The summed E-state index contributed by atoms with van der Waals surface area (Å²) in [5, 5.41) is 9.10. The lowest BCUT2D eigenvalue weighted by Crippen LogP contribution is -2.62. The number of aliphatic carboxylic acids is 1. The Morgan fingerprint density at radius 2 is 1.62 bits per heavy atom. The van der Waals surface area contributed by atoms with Gasteiger partial charge in [0, 0.05) is 0 Å². The number of carbonyl (C=O) groups excluding carboxylic acids is 1. The molecule has 1 amide bonds. The zero-order valence-corrected chi connectivity index (χ0v) is 8.71. The number of hydrogen-bond acceptors (Lipinski definition) is 2. The van der Waals surface area contributed by atoms with Crippen LogP contribution in [0.3, 0.4) is 0 Å². The molecule has 4 nitrogen and oxygen atoms in total. The first-order valence-electron chi connectivity index (χ1n) is 5.28. The lowest BCUT2D eigenvalue weighted by atomic mass is 9.83. The van der Waals surface area contributed by atoms with Gasteiger partial charge in [-0.25, -0.2) is 8.78 Å². The van der Waals surface area contributed by atoms with Crippen LogP contribution in [0.15, 0.2) is 0 Å².